The van der Waals surface area contributed by atoms with Gasteiger partial charge in [-0.25, -0.2) is 4.79 Å². The van der Waals surface area contributed by atoms with E-state index < -0.39 is 43.5 Å². The van der Waals surface area contributed by atoms with E-state index in [9.17, 15) is 19.0 Å². The molecule has 4 atom stereocenters. The number of nitrogens with zero attached hydrogens (tertiary/aromatic N) is 1. The molecule has 0 spiro atoms. The van der Waals surface area contributed by atoms with Gasteiger partial charge in [0.05, 0.1) is 20.3 Å². The lowest BCUT2D eigenvalue weighted by Gasteiger charge is -2.39. The Morgan fingerprint density at radius 1 is 0.930 bits per heavy atom. The Labute approximate surface area is 248 Å². The highest BCUT2D eigenvalue weighted by Crippen LogP contribution is 2.45. The first kappa shape index (κ1) is 30.3. The third-order valence-corrected chi connectivity index (χ3v) is 7.86. The Balaban J connectivity index is 1.66. The van der Waals surface area contributed by atoms with Gasteiger partial charge in [0.2, 0.25) is 0 Å². The average molecular weight is 608 g/mol. The minimum absolute atomic E-state index is 0.169. The van der Waals surface area contributed by atoms with Crippen molar-refractivity contribution in [2.45, 2.75) is 37.4 Å². The lowest BCUT2D eigenvalue weighted by molar-refractivity contribution is -0.0966. The SMILES string of the molecule is COc1ccc(C(O[C@H]2C[C@H](n3cc(C)c(=O)[nH]c3=O)O[C@@H]2CO[P+](=O)O)(c2ccccc2)c2ccc(OC)cc2)cc1. The van der Waals surface area contributed by atoms with Crippen LogP contribution >= 0.6 is 8.25 Å². The number of methoxy groups -OCH3 is 2. The van der Waals surface area contributed by atoms with E-state index in [0.29, 0.717) is 17.1 Å². The van der Waals surface area contributed by atoms with Crippen LogP contribution in [0.3, 0.4) is 0 Å². The van der Waals surface area contributed by atoms with Gasteiger partial charge < -0.3 is 18.9 Å². The first-order valence-corrected chi connectivity index (χ1v) is 14.7. The summed E-state index contributed by atoms with van der Waals surface area (Å²) >= 11 is 0. The summed E-state index contributed by atoms with van der Waals surface area (Å²) in [5.74, 6) is 1.33. The summed E-state index contributed by atoms with van der Waals surface area (Å²) in [7, 11) is 0.254. The van der Waals surface area contributed by atoms with E-state index in [-0.39, 0.29) is 13.0 Å². The quantitative estimate of drug-likeness (QED) is 0.190. The fourth-order valence-electron chi connectivity index (χ4n) is 5.34. The highest BCUT2D eigenvalue weighted by atomic mass is 31.1. The van der Waals surface area contributed by atoms with Crippen LogP contribution < -0.4 is 20.7 Å². The third-order valence-electron chi connectivity index (χ3n) is 7.49. The average Bonchev–Trinajstić information content (AvgIpc) is 3.43. The first-order valence-electron chi connectivity index (χ1n) is 13.5. The molecule has 1 aromatic heterocycles. The largest absolute Gasteiger partial charge is 0.694 e. The summed E-state index contributed by atoms with van der Waals surface area (Å²) in [6.07, 6.45) is -0.852. The summed E-state index contributed by atoms with van der Waals surface area (Å²) in [6.45, 7) is 1.31. The van der Waals surface area contributed by atoms with E-state index in [2.05, 4.69) is 4.98 Å². The van der Waals surface area contributed by atoms with Crippen molar-refractivity contribution in [3.63, 3.8) is 0 Å². The van der Waals surface area contributed by atoms with Crippen molar-refractivity contribution in [2.24, 2.45) is 0 Å². The molecule has 1 unspecified atom stereocenters. The summed E-state index contributed by atoms with van der Waals surface area (Å²) in [5, 5.41) is 0. The van der Waals surface area contributed by atoms with Crippen molar-refractivity contribution in [1.82, 2.24) is 9.55 Å². The highest BCUT2D eigenvalue weighted by molar-refractivity contribution is 7.32. The molecule has 1 aliphatic rings. The second-order valence-electron chi connectivity index (χ2n) is 10.0. The zero-order valence-corrected chi connectivity index (χ0v) is 24.7. The lowest BCUT2D eigenvalue weighted by atomic mass is 9.79. The Hall–Kier alpha value is -4.12. The van der Waals surface area contributed by atoms with Gasteiger partial charge in [0, 0.05) is 22.7 Å². The van der Waals surface area contributed by atoms with Crippen LogP contribution in [-0.4, -0.2) is 47.5 Å². The predicted molar refractivity (Wildman–Crippen MR) is 158 cm³/mol. The van der Waals surface area contributed by atoms with Gasteiger partial charge in [-0.05, 0) is 47.9 Å². The van der Waals surface area contributed by atoms with Crippen LogP contribution in [0.2, 0.25) is 0 Å². The van der Waals surface area contributed by atoms with Crippen LogP contribution in [0.1, 0.15) is 34.9 Å². The van der Waals surface area contributed by atoms with E-state index in [0.717, 1.165) is 16.7 Å². The Morgan fingerprint density at radius 2 is 1.49 bits per heavy atom. The molecule has 3 aromatic carbocycles. The number of aryl methyl sites for hydroxylation is 1. The van der Waals surface area contributed by atoms with Gasteiger partial charge in [-0.2, -0.15) is 0 Å². The van der Waals surface area contributed by atoms with Crippen LogP contribution in [0, 0.1) is 6.92 Å². The number of rotatable bonds is 11. The molecular weight excluding hydrogens is 575 g/mol. The molecule has 0 amide bonds. The fourth-order valence-corrected chi connectivity index (χ4v) is 5.61. The lowest BCUT2D eigenvalue weighted by Crippen LogP contribution is -2.41. The second-order valence-corrected chi connectivity index (χ2v) is 10.8. The monoisotopic (exact) mass is 607 g/mol. The molecule has 224 valence electrons. The number of H-pyrrole nitrogens is 1. The molecule has 1 aliphatic heterocycles. The van der Waals surface area contributed by atoms with Crippen molar-refractivity contribution in [1.29, 1.82) is 0 Å². The number of benzene rings is 3. The normalized spacial score (nSPS) is 18.8. The molecule has 0 bridgehead atoms. The van der Waals surface area contributed by atoms with E-state index in [1.54, 1.807) is 21.1 Å². The van der Waals surface area contributed by atoms with Gasteiger partial charge in [-0.15, -0.1) is 9.42 Å². The molecule has 2 heterocycles. The van der Waals surface area contributed by atoms with Crippen LogP contribution in [0.5, 0.6) is 11.5 Å². The topological polar surface area (TPSA) is 138 Å². The highest BCUT2D eigenvalue weighted by Gasteiger charge is 2.47. The summed E-state index contributed by atoms with van der Waals surface area (Å²) in [5.41, 5.74) is 0.331. The molecule has 0 aliphatic carbocycles. The number of ether oxygens (including phenoxy) is 4. The van der Waals surface area contributed by atoms with Crippen molar-refractivity contribution in [3.8, 4) is 11.5 Å². The Bertz CT molecular complexity index is 1620. The summed E-state index contributed by atoms with van der Waals surface area (Å²) in [6, 6.07) is 24.6. The molecule has 0 radical (unpaired) electrons. The standard InChI is InChI=1S/C31H31N2O9P/c1-20-18-33(30(35)32-29(20)34)28-17-26(27(41-28)19-40-43(36)37)42-31(21-7-5-4-6-8-21,22-9-13-24(38-2)14-10-22)23-11-15-25(39-3)16-12-23/h4-16,18,26-28H,17,19H2,1-3H3,(H-,32,34,35,36,37)/p+1/t26-,27+,28+/m0/s1. The number of hydrogen-bond acceptors (Lipinski definition) is 8. The van der Waals surface area contributed by atoms with Crippen LogP contribution in [0.4, 0.5) is 0 Å². The van der Waals surface area contributed by atoms with Crippen molar-refractivity contribution < 1.29 is 32.9 Å². The molecule has 2 N–H and O–H groups in total. The maximum atomic E-state index is 12.8. The molecule has 12 heteroatoms. The van der Waals surface area contributed by atoms with Crippen LogP contribution in [0.15, 0.2) is 94.6 Å². The van der Waals surface area contributed by atoms with Crippen molar-refractivity contribution in [2.75, 3.05) is 20.8 Å². The van der Waals surface area contributed by atoms with Gasteiger partial charge in [0.15, 0.2) is 0 Å². The van der Waals surface area contributed by atoms with Gasteiger partial charge in [-0.3, -0.25) is 14.3 Å². The number of aromatic nitrogens is 2. The van der Waals surface area contributed by atoms with Gasteiger partial charge in [-0.1, -0.05) is 54.6 Å². The number of nitrogens with one attached hydrogen (secondary N) is 1. The van der Waals surface area contributed by atoms with E-state index in [1.807, 2.05) is 78.9 Å². The minimum atomic E-state index is -2.93. The molecule has 5 rings (SSSR count). The van der Waals surface area contributed by atoms with Crippen LogP contribution in [-0.2, 0) is 24.2 Å². The van der Waals surface area contributed by atoms with Gasteiger partial charge in [0.25, 0.3) is 5.56 Å². The zero-order valence-electron chi connectivity index (χ0n) is 23.8. The number of aromatic amines is 1. The van der Waals surface area contributed by atoms with Gasteiger partial charge in [0.1, 0.15) is 36.0 Å². The maximum absolute atomic E-state index is 12.8. The van der Waals surface area contributed by atoms with Crippen molar-refractivity contribution in [3.05, 3.63) is 128 Å². The number of hydrogen-bond donors (Lipinski definition) is 2. The smallest absolute Gasteiger partial charge is 0.497 e. The Kier molecular flexibility index (Phi) is 9.19. The molecular formula is C31H32N2O9P+. The van der Waals surface area contributed by atoms with Crippen LogP contribution in [0.25, 0.3) is 0 Å². The first-order chi connectivity index (χ1) is 20.7. The third kappa shape index (κ3) is 6.31. The second kappa shape index (κ2) is 13.0. The van der Waals surface area contributed by atoms with Gasteiger partial charge >= 0.3 is 13.9 Å². The molecule has 43 heavy (non-hydrogen) atoms. The maximum Gasteiger partial charge on any atom is 0.694 e. The molecule has 0 saturated carbocycles. The molecule has 11 nitrogen and oxygen atoms in total. The fraction of sp³-hybridized carbons (Fsp3) is 0.290. The minimum Gasteiger partial charge on any atom is -0.497 e. The summed E-state index contributed by atoms with van der Waals surface area (Å²) in [4.78, 5) is 36.5. The Morgan fingerprint density at radius 3 is 2.02 bits per heavy atom. The van der Waals surface area contributed by atoms with Crippen molar-refractivity contribution >= 4 is 8.25 Å². The zero-order chi connectivity index (χ0) is 30.6. The predicted octanol–water partition coefficient (Wildman–Crippen LogP) is 4.19. The molecule has 4 aromatic rings. The van der Waals surface area contributed by atoms with E-state index in [4.69, 9.17) is 23.5 Å². The summed E-state index contributed by atoms with van der Waals surface area (Å²) < 4.78 is 42.1. The molecule has 1 fully saturated rings. The molecule has 1 saturated heterocycles. The van der Waals surface area contributed by atoms with E-state index in [1.165, 1.54) is 10.8 Å². The van der Waals surface area contributed by atoms with E-state index >= 15 is 0 Å².